The van der Waals surface area contributed by atoms with Crippen molar-refractivity contribution in [3.05, 3.63) is 34.7 Å². The highest BCUT2D eigenvalue weighted by atomic mass is 16.3. The van der Waals surface area contributed by atoms with E-state index in [9.17, 15) is 9.59 Å². The lowest BCUT2D eigenvalue weighted by atomic mass is 10.4. The van der Waals surface area contributed by atoms with Crippen LogP contribution in [0.2, 0.25) is 0 Å². The van der Waals surface area contributed by atoms with E-state index in [-0.39, 0.29) is 24.6 Å². The lowest BCUT2D eigenvalue weighted by Gasteiger charge is -2.08. The summed E-state index contributed by atoms with van der Waals surface area (Å²) in [5, 5.41) is 11.4. The first-order valence-corrected chi connectivity index (χ1v) is 4.70. The molecule has 0 aliphatic heterocycles. The number of nitrogens with zero attached hydrogens (tertiary/aromatic N) is 1. The Morgan fingerprint density at radius 2 is 2.33 bits per heavy atom. The van der Waals surface area contributed by atoms with Gasteiger partial charge in [-0.05, 0) is 13.0 Å². The third-order valence-corrected chi connectivity index (χ3v) is 1.81. The topological polar surface area (TPSA) is 71.3 Å². The number of aliphatic hydroxyl groups excluding tert-OH is 1. The van der Waals surface area contributed by atoms with Crippen LogP contribution < -0.4 is 10.9 Å². The van der Waals surface area contributed by atoms with Gasteiger partial charge in [0.2, 0.25) is 5.91 Å². The monoisotopic (exact) mass is 210 g/mol. The zero-order valence-corrected chi connectivity index (χ0v) is 8.51. The van der Waals surface area contributed by atoms with Crippen LogP contribution in [0.4, 0.5) is 0 Å². The van der Waals surface area contributed by atoms with E-state index >= 15 is 0 Å². The van der Waals surface area contributed by atoms with Crippen molar-refractivity contribution in [2.45, 2.75) is 19.6 Å². The number of pyridine rings is 1. The van der Waals surface area contributed by atoms with E-state index in [1.165, 1.54) is 10.6 Å². The van der Waals surface area contributed by atoms with E-state index in [1.54, 1.807) is 25.3 Å². The van der Waals surface area contributed by atoms with Crippen LogP contribution in [0, 0.1) is 0 Å². The molecule has 1 rings (SSSR count). The molecule has 5 nitrogen and oxygen atoms in total. The molecule has 0 radical (unpaired) electrons. The number of aromatic nitrogens is 1. The number of aliphatic hydroxyl groups is 1. The first kappa shape index (κ1) is 11.5. The van der Waals surface area contributed by atoms with Crippen LogP contribution in [0.1, 0.15) is 6.92 Å². The predicted molar refractivity (Wildman–Crippen MR) is 55.4 cm³/mol. The van der Waals surface area contributed by atoms with Crippen molar-refractivity contribution in [3.63, 3.8) is 0 Å². The molecule has 0 bridgehead atoms. The van der Waals surface area contributed by atoms with Gasteiger partial charge in [-0.15, -0.1) is 0 Å². The minimum Gasteiger partial charge on any atom is -0.392 e. The van der Waals surface area contributed by atoms with Crippen LogP contribution in [0.5, 0.6) is 0 Å². The molecule has 2 N–H and O–H groups in total. The molecule has 0 saturated carbocycles. The maximum absolute atomic E-state index is 11.3. The summed E-state index contributed by atoms with van der Waals surface area (Å²) in [5.74, 6) is -0.288. The Hall–Kier alpha value is -1.62. The van der Waals surface area contributed by atoms with Crippen LogP contribution in [0.25, 0.3) is 0 Å². The number of rotatable bonds is 4. The molecule has 1 aromatic rings. The van der Waals surface area contributed by atoms with Crippen molar-refractivity contribution < 1.29 is 9.90 Å². The van der Waals surface area contributed by atoms with Gasteiger partial charge < -0.3 is 15.0 Å². The van der Waals surface area contributed by atoms with E-state index in [0.29, 0.717) is 0 Å². The minimum atomic E-state index is -0.582. The molecule has 0 aliphatic rings. The summed E-state index contributed by atoms with van der Waals surface area (Å²) >= 11 is 0. The maximum Gasteiger partial charge on any atom is 0.250 e. The van der Waals surface area contributed by atoms with Gasteiger partial charge in [0.1, 0.15) is 6.54 Å². The molecule has 1 unspecified atom stereocenters. The van der Waals surface area contributed by atoms with Gasteiger partial charge in [-0.3, -0.25) is 9.59 Å². The Labute approximate surface area is 87.4 Å². The maximum atomic E-state index is 11.3. The zero-order valence-electron chi connectivity index (χ0n) is 8.51. The van der Waals surface area contributed by atoms with Crippen molar-refractivity contribution >= 4 is 5.91 Å². The van der Waals surface area contributed by atoms with Crippen molar-refractivity contribution in [1.82, 2.24) is 9.88 Å². The Morgan fingerprint density at radius 1 is 1.60 bits per heavy atom. The van der Waals surface area contributed by atoms with Crippen molar-refractivity contribution in [1.29, 1.82) is 0 Å². The highest BCUT2D eigenvalue weighted by molar-refractivity contribution is 5.75. The third-order valence-electron chi connectivity index (χ3n) is 1.81. The molecule has 0 spiro atoms. The SMILES string of the molecule is CC(O)CNC(=O)Cn1ccccc1=O. The number of hydrogen-bond acceptors (Lipinski definition) is 3. The molecule has 1 amide bonds. The van der Waals surface area contributed by atoms with Gasteiger partial charge in [-0.25, -0.2) is 0 Å². The van der Waals surface area contributed by atoms with Crippen LogP contribution in [0.15, 0.2) is 29.2 Å². The van der Waals surface area contributed by atoms with Crippen LogP contribution in [-0.2, 0) is 11.3 Å². The highest BCUT2D eigenvalue weighted by Gasteiger charge is 2.04. The van der Waals surface area contributed by atoms with Gasteiger partial charge in [0, 0.05) is 18.8 Å². The highest BCUT2D eigenvalue weighted by Crippen LogP contribution is 1.83. The first-order valence-electron chi connectivity index (χ1n) is 4.70. The van der Waals surface area contributed by atoms with Gasteiger partial charge in [-0.2, -0.15) is 0 Å². The molecule has 15 heavy (non-hydrogen) atoms. The summed E-state index contributed by atoms with van der Waals surface area (Å²) in [4.78, 5) is 22.5. The van der Waals surface area contributed by atoms with E-state index in [2.05, 4.69) is 5.32 Å². The second-order valence-corrected chi connectivity index (χ2v) is 3.32. The van der Waals surface area contributed by atoms with Gasteiger partial charge in [0.05, 0.1) is 6.10 Å². The smallest absolute Gasteiger partial charge is 0.250 e. The van der Waals surface area contributed by atoms with Gasteiger partial charge in [-0.1, -0.05) is 6.07 Å². The zero-order chi connectivity index (χ0) is 11.3. The standard InChI is InChI=1S/C10H14N2O3/c1-8(13)6-11-9(14)7-12-5-3-2-4-10(12)15/h2-5,8,13H,6-7H2,1H3,(H,11,14). The largest absolute Gasteiger partial charge is 0.392 e. The van der Waals surface area contributed by atoms with Crippen molar-refractivity contribution in [2.75, 3.05) is 6.54 Å². The van der Waals surface area contributed by atoms with E-state index in [4.69, 9.17) is 5.11 Å². The number of carbonyl (C=O) groups excluding carboxylic acids is 1. The molecule has 1 aromatic heterocycles. The van der Waals surface area contributed by atoms with Crippen molar-refractivity contribution in [2.24, 2.45) is 0 Å². The molecule has 82 valence electrons. The molecule has 1 atom stereocenters. The summed E-state index contributed by atoms with van der Waals surface area (Å²) in [7, 11) is 0. The normalized spacial score (nSPS) is 12.1. The Morgan fingerprint density at radius 3 is 2.93 bits per heavy atom. The Balaban J connectivity index is 2.52. The fourth-order valence-electron chi connectivity index (χ4n) is 1.06. The minimum absolute atomic E-state index is 0.0214. The van der Waals surface area contributed by atoms with E-state index < -0.39 is 6.10 Å². The summed E-state index contributed by atoms with van der Waals surface area (Å²) in [5.41, 5.74) is -0.218. The molecular formula is C10H14N2O3. The van der Waals surface area contributed by atoms with E-state index in [0.717, 1.165) is 0 Å². The molecule has 0 saturated heterocycles. The molecule has 0 aromatic carbocycles. The number of carbonyl (C=O) groups is 1. The third kappa shape index (κ3) is 3.95. The average Bonchev–Trinajstić information content (AvgIpc) is 2.18. The van der Waals surface area contributed by atoms with Crippen LogP contribution in [0.3, 0.4) is 0 Å². The fourth-order valence-corrected chi connectivity index (χ4v) is 1.06. The average molecular weight is 210 g/mol. The van der Waals surface area contributed by atoms with Crippen LogP contribution in [-0.4, -0.2) is 28.2 Å². The second-order valence-electron chi connectivity index (χ2n) is 3.32. The van der Waals surface area contributed by atoms with Gasteiger partial charge >= 0.3 is 0 Å². The number of hydrogen-bond donors (Lipinski definition) is 2. The molecule has 5 heteroatoms. The van der Waals surface area contributed by atoms with Crippen molar-refractivity contribution in [3.8, 4) is 0 Å². The number of nitrogens with one attached hydrogen (secondary N) is 1. The fraction of sp³-hybridized carbons (Fsp3) is 0.400. The second kappa shape index (κ2) is 5.31. The Bertz CT molecular complexity index is 384. The molecule has 1 heterocycles. The lowest BCUT2D eigenvalue weighted by Crippen LogP contribution is -2.35. The summed E-state index contributed by atoms with van der Waals surface area (Å²) < 4.78 is 1.30. The molecular weight excluding hydrogens is 196 g/mol. The molecule has 0 fully saturated rings. The summed E-state index contributed by atoms with van der Waals surface area (Å²) in [6.45, 7) is 1.75. The summed E-state index contributed by atoms with van der Waals surface area (Å²) in [6.07, 6.45) is 0.964. The number of amides is 1. The predicted octanol–water partition coefficient (Wildman–Crippen LogP) is -0.655. The first-order chi connectivity index (χ1) is 7.09. The Kier molecular flexibility index (Phi) is 4.05. The van der Waals surface area contributed by atoms with Gasteiger partial charge in [0.25, 0.3) is 5.56 Å². The summed E-state index contributed by atoms with van der Waals surface area (Å²) in [6, 6.07) is 4.69. The van der Waals surface area contributed by atoms with E-state index in [1.807, 2.05) is 0 Å². The quantitative estimate of drug-likeness (QED) is 0.693. The van der Waals surface area contributed by atoms with Crippen LogP contribution >= 0.6 is 0 Å². The molecule has 0 aliphatic carbocycles. The van der Waals surface area contributed by atoms with Gasteiger partial charge in [0.15, 0.2) is 0 Å². The lowest BCUT2D eigenvalue weighted by molar-refractivity contribution is -0.122.